The predicted molar refractivity (Wildman–Crippen MR) is 74.3 cm³/mol. The minimum Gasteiger partial charge on any atom is -0.494 e. The van der Waals surface area contributed by atoms with Crippen LogP contribution < -0.4 is 15.8 Å². The minimum atomic E-state index is -0.298. The van der Waals surface area contributed by atoms with E-state index in [2.05, 4.69) is 10.4 Å². The van der Waals surface area contributed by atoms with Gasteiger partial charge in [0.1, 0.15) is 5.75 Å². The summed E-state index contributed by atoms with van der Waals surface area (Å²) < 4.78 is 5.49. The Kier molecular flexibility index (Phi) is 5.77. The highest BCUT2D eigenvalue weighted by atomic mass is 16.5. The lowest BCUT2D eigenvalue weighted by atomic mass is 10.1. The highest BCUT2D eigenvalue weighted by Crippen LogP contribution is 2.13. The number of hydrazone groups is 1. The van der Waals surface area contributed by atoms with Crippen LogP contribution in [-0.2, 0) is 4.79 Å². The zero-order valence-electron chi connectivity index (χ0n) is 10.8. The van der Waals surface area contributed by atoms with Crippen molar-refractivity contribution >= 4 is 19.6 Å². The number of nitrogens with zero attached hydrogens (tertiary/aromatic N) is 1. The van der Waals surface area contributed by atoms with Crippen LogP contribution in [0.5, 0.6) is 5.75 Å². The van der Waals surface area contributed by atoms with Crippen molar-refractivity contribution in [2.75, 3.05) is 6.61 Å². The first-order valence-electron chi connectivity index (χ1n) is 5.86. The molecule has 1 amide bonds. The summed E-state index contributed by atoms with van der Waals surface area (Å²) in [7, 11) is 1.76. The van der Waals surface area contributed by atoms with Crippen molar-refractivity contribution in [1.82, 2.24) is 5.34 Å². The molecule has 0 unspecified atom stereocenters. The molecule has 6 heteroatoms. The molecule has 3 N–H and O–H groups in total. The Bertz CT molecular complexity index is 418. The summed E-state index contributed by atoms with van der Waals surface area (Å²) in [5.41, 5.74) is 6.99. The summed E-state index contributed by atoms with van der Waals surface area (Å²) >= 11 is 0. The van der Waals surface area contributed by atoms with E-state index in [1.807, 2.05) is 31.2 Å². The molecule has 0 spiro atoms. The molecule has 0 aliphatic rings. The van der Waals surface area contributed by atoms with E-state index in [0.29, 0.717) is 19.4 Å². The molecule has 5 nitrogen and oxygen atoms in total. The summed E-state index contributed by atoms with van der Waals surface area (Å²) in [5.74, 6) is 0.480. The standard InChI is InChI=1S/C12H18BN3O2/c1-9(15-16-13)10-4-6-11(7-5-10)18-8-2-3-12(14)17/h4-7,16H,2-3,8,13H2,1H3,(H2,14,17)/b15-9+. The third-order valence-electron chi connectivity index (χ3n) is 2.39. The lowest BCUT2D eigenvalue weighted by Crippen LogP contribution is -2.11. The molecule has 1 rings (SSSR count). The van der Waals surface area contributed by atoms with Gasteiger partial charge in [0.2, 0.25) is 13.9 Å². The van der Waals surface area contributed by atoms with E-state index < -0.39 is 0 Å². The zero-order chi connectivity index (χ0) is 13.4. The van der Waals surface area contributed by atoms with Crippen LogP contribution in [-0.4, -0.2) is 26.2 Å². The number of rotatable bonds is 7. The molecule has 0 fully saturated rings. The zero-order valence-corrected chi connectivity index (χ0v) is 10.8. The number of carbonyl (C=O) groups excluding carboxylic acids is 1. The topological polar surface area (TPSA) is 76.7 Å². The SMILES string of the molecule is BN/N=C(\C)c1ccc(OCCCC(N)=O)cc1. The molecule has 0 heterocycles. The van der Waals surface area contributed by atoms with E-state index in [4.69, 9.17) is 10.5 Å². The maximum Gasteiger partial charge on any atom is 0.237 e. The second-order valence-electron chi connectivity index (χ2n) is 3.86. The van der Waals surface area contributed by atoms with E-state index in [1.54, 1.807) is 7.98 Å². The molecule has 0 saturated carbocycles. The fourth-order valence-electron chi connectivity index (χ4n) is 1.46. The Balaban J connectivity index is 2.45. The lowest BCUT2D eigenvalue weighted by Gasteiger charge is -2.06. The number of ether oxygens (including phenoxy) is 1. The van der Waals surface area contributed by atoms with E-state index in [9.17, 15) is 4.79 Å². The summed E-state index contributed by atoms with van der Waals surface area (Å²) in [6.07, 6.45) is 0.989. The molecule has 0 radical (unpaired) electrons. The van der Waals surface area contributed by atoms with E-state index in [-0.39, 0.29) is 5.91 Å². The third kappa shape index (κ3) is 4.90. The Hall–Kier alpha value is -1.98. The van der Waals surface area contributed by atoms with Crippen LogP contribution in [0.25, 0.3) is 0 Å². The van der Waals surface area contributed by atoms with Crippen molar-refractivity contribution in [3.63, 3.8) is 0 Å². The molecule has 96 valence electrons. The van der Waals surface area contributed by atoms with Crippen LogP contribution in [0.3, 0.4) is 0 Å². The van der Waals surface area contributed by atoms with Crippen LogP contribution in [0.1, 0.15) is 25.3 Å². The Morgan fingerprint density at radius 2 is 2.11 bits per heavy atom. The summed E-state index contributed by atoms with van der Waals surface area (Å²) in [5, 5.41) is 6.84. The number of nitrogens with one attached hydrogen (secondary N) is 1. The van der Waals surface area contributed by atoms with Crippen molar-refractivity contribution < 1.29 is 9.53 Å². The van der Waals surface area contributed by atoms with Gasteiger partial charge in [-0.25, -0.2) is 0 Å². The molecule has 0 aromatic heterocycles. The first-order valence-corrected chi connectivity index (χ1v) is 5.86. The summed E-state index contributed by atoms with van der Waals surface area (Å²) in [6.45, 7) is 2.42. The smallest absolute Gasteiger partial charge is 0.237 e. The number of amides is 1. The highest BCUT2D eigenvalue weighted by Gasteiger charge is 1.99. The molecule has 1 aromatic rings. The molecule has 0 aliphatic carbocycles. The Morgan fingerprint density at radius 3 is 2.67 bits per heavy atom. The Labute approximate surface area is 108 Å². The Morgan fingerprint density at radius 1 is 1.44 bits per heavy atom. The van der Waals surface area contributed by atoms with Crippen molar-refractivity contribution in [1.29, 1.82) is 0 Å². The minimum absolute atomic E-state index is 0.298. The van der Waals surface area contributed by atoms with Crippen LogP contribution in [0, 0.1) is 0 Å². The number of primary amides is 1. The maximum absolute atomic E-state index is 10.5. The number of hydrogen-bond donors (Lipinski definition) is 2. The second kappa shape index (κ2) is 7.37. The quantitative estimate of drug-likeness (QED) is 0.312. The van der Waals surface area contributed by atoms with Crippen molar-refractivity contribution in [2.45, 2.75) is 19.8 Å². The van der Waals surface area contributed by atoms with Gasteiger partial charge in [0.25, 0.3) is 0 Å². The molecular weight excluding hydrogens is 229 g/mol. The molecule has 0 aliphatic heterocycles. The van der Waals surface area contributed by atoms with Crippen LogP contribution >= 0.6 is 0 Å². The maximum atomic E-state index is 10.5. The summed E-state index contributed by atoms with van der Waals surface area (Å²) in [6, 6.07) is 7.65. The number of benzene rings is 1. The van der Waals surface area contributed by atoms with Gasteiger partial charge in [-0.2, -0.15) is 5.10 Å². The first kappa shape index (κ1) is 14.1. The normalized spacial score (nSPS) is 11.1. The number of nitrogens with two attached hydrogens (primary N) is 1. The van der Waals surface area contributed by atoms with Gasteiger partial charge in [-0.05, 0) is 43.2 Å². The van der Waals surface area contributed by atoms with Gasteiger partial charge < -0.3 is 15.8 Å². The van der Waals surface area contributed by atoms with Gasteiger partial charge >= 0.3 is 0 Å². The molecule has 0 saturated heterocycles. The van der Waals surface area contributed by atoms with Crippen LogP contribution in [0.15, 0.2) is 29.4 Å². The first-order chi connectivity index (χ1) is 8.63. The molecule has 0 atom stereocenters. The second-order valence-corrected chi connectivity index (χ2v) is 3.86. The molecule has 1 aromatic carbocycles. The number of hydrogen-bond acceptors (Lipinski definition) is 4. The lowest BCUT2D eigenvalue weighted by molar-refractivity contribution is -0.118. The van der Waals surface area contributed by atoms with Crippen molar-refractivity contribution in [3.8, 4) is 5.75 Å². The van der Waals surface area contributed by atoms with Gasteiger partial charge in [0.15, 0.2) is 0 Å². The third-order valence-corrected chi connectivity index (χ3v) is 2.39. The fraction of sp³-hybridized carbons (Fsp3) is 0.333. The fourth-order valence-corrected chi connectivity index (χ4v) is 1.46. The van der Waals surface area contributed by atoms with E-state index in [0.717, 1.165) is 17.0 Å². The van der Waals surface area contributed by atoms with E-state index in [1.165, 1.54) is 0 Å². The molecule has 0 bridgehead atoms. The largest absolute Gasteiger partial charge is 0.494 e. The molecular formula is C12H18BN3O2. The average molecular weight is 247 g/mol. The van der Waals surface area contributed by atoms with Crippen molar-refractivity contribution in [2.24, 2.45) is 10.8 Å². The van der Waals surface area contributed by atoms with Crippen molar-refractivity contribution in [3.05, 3.63) is 29.8 Å². The molecule has 18 heavy (non-hydrogen) atoms. The summed E-state index contributed by atoms with van der Waals surface area (Å²) in [4.78, 5) is 10.5. The van der Waals surface area contributed by atoms with Gasteiger partial charge in [0, 0.05) is 6.42 Å². The van der Waals surface area contributed by atoms with Gasteiger partial charge in [0.05, 0.1) is 12.3 Å². The highest BCUT2D eigenvalue weighted by molar-refractivity contribution is 6.06. The monoisotopic (exact) mass is 247 g/mol. The van der Waals surface area contributed by atoms with Gasteiger partial charge in [-0.1, -0.05) is 0 Å². The van der Waals surface area contributed by atoms with E-state index >= 15 is 0 Å². The average Bonchev–Trinajstić information content (AvgIpc) is 2.35. The van der Waals surface area contributed by atoms with Gasteiger partial charge in [-0.3, -0.25) is 4.79 Å². The predicted octanol–water partition coefficient (Wildman–Crippen LogP) is 0.193. The van der Waals surface area contributed by atoms with Crippen LogP contribution in [0.2, 0.25) is 0 Å². The van der Waals surface area contributed by atoms with Crippen LogP contribution in [0.4, 0.5) is 0 Å². The number of carbonyl (C=O) groups is 1. The van der Waals surface area contributed by atoms with Gasteiger partial charge in [-0.15, -0.1) is 0 Å².